The molecule has 0 saturated carbocycles. The van der Waals surface area contributed by atoms with E-state index in [2.05, 4.69) is 229 Å². The minimum absolute atomic E-state index is 0.277. The Hall–Kier alpha value is -7.42. The number of rotatable bonds is 4. The molecule has 0 aliphatic carbocycles. The Morgan fingerprint density at radius 2 is 0.934 bits per heavy atom. The van der Waals surface area contributed by atoms with Crippen LogP contribution in [-0.4, -0.2) is 9.13 Å². The molecule has 0 bridgehead atoms. The zero-order chi connectivity index (χ0) is 40.6. The quantitative estimate of drug-likeness (QED) is 0.168. The lowest BCUT2D eigenvalue weighted by atomic mass is 9.76. The lowest BCUT2D eigenvalue weighted by molar-refractivity contribution is 0.561. The van der Waals surface area contributed by atoms with Crippen LogP contribution in [0.25, 0.3) is 99.5 Å². The summed E-state index contributed by atoms with van der Waals surface area (Å²) in [5.41, 5.74) is 20.2. The third-order valence-electron chi connectivity index (χ3n) is 13.6. The first-order chi connectivity index (χ1) is 30.2. The molecule has 0 spiro atoms. The predicted octanol–water partition coefficient (Wildman–Crippen LogP) is 16.2. The minimum atomic E-state index is 0.277. The van der Waals surface area contributed by atoms with Gasteiger partial charge in [-0.15, -0.1) is 0 Å². The number of para-hydroxylation sites is 5. The zero-order valence-corrected chi connectivity index (χ0v) is 34.4. The Labute approximate surface area is 356 Å². The van der Waals surface area contributed by atoms with Crippen molar-refractivity contribution < 1.29 is 0 Å². The van der Waals surface area contributed by atoms with Gasteiger partial charge in [-0.25, -0.2) is 0 Å². The van der Waals surface area contributed by atoms with Gasteiger partial charge in [0.25, 0.3) is 0 Å². The maximum absolute atomic E-state index is 2.54. The van der Waals surface area contributed by atoms with E-state index in [0.29, 0.717) is 5.92 Å². The van der Waals surface area contributed by atoms with Crippen LogP contribution < -0.4 is 0 Å². The molecule has 0 radical (unpaired) electrons. The molecule has 2 atom stereocenters. The highest BCUT2D eigenvalue weighted by molar-refractivity contribution is 6.15. The number of hydrogen-bond acceptors (Lipinski definition) is 0. The number of fused-ring (bicyclic) bond motifs is 12. The third-order valence-corrected chi connectivity index (χ3v) is 13.6. The summed E-state index contributed by atoms with van der Waals surface area (Å²) >= 11 is 0. The summed E-state index contributed by atoms with van der Waals surface area (Å²) in [6.45, 7) is 4.81. The van der Waals surface area contributed by atoms with Gasteiger partial charge in [0.1, 0.15) is 0 Å². The molecule has 290 valence electrons. The van der Waals surface area contributed by atoms with Crippen molar-refractivity contribution in [1.82, 2.24) is 9.13 Å². The van der Waals surface area contributed by atoms with Crippen molar-refractivity contribution in [3.05, 3.63) is 217 Å². The normalized spacial score (nSPS) is 14.8. The number of aromatic nitrogens is 2. The van der Waals surface area contributed by atoms with E-state index in [1.54, 1.807) is 0 Å². The van der Waals surface area contributed by atoms with E-state index in [1.807, 2.05) is 0 Å². The molecule has 2 unspecified atom stereocenters. The molecule has 2 heteroatoms. The summed E-state index contributed by atoms with van der Waals surface area (Å²) in [6, 6.07) is 76.9. The van der Waals surface area contributed by atoms with E-state index in [-0.39, 0.29) is 5.92 Å². The van der Waals surface area contributed by atoms with Crippen molar-refractivity contribution in [1.29, 1.82) is 0 Å². The van der Waals surface area contributed by atoms with Gasteiger partial charge in [-0.05, 0) is 111 Å². The smallest absolute Gasteiger partial charge is 0.0619 e. The molecule has 9 aromatic carbocycles. The van der Waals surface area contributed by atoms with Crippen LogP contribution in [0.5, 0.6) is 0 Å². The first-order valence-electron chi connectivity index (χ1n) is 21.7. The van der Waals surface area contributed by atoms with Gasteiger partial charge in [-0.2, -0.15) is 0 Å². The van der Waals surface area contributed by atoms with Crippen LogP contribution in [-0.2, 0) is 0 Å². The van der Waals surface area contributed by atoms with Crippen molar-refractivity contribution in [2.45, 2.75) is 32.1 Å². The fraction of sp³-hybridized carbons (Fsp3) is 0.0847. The fourth-order valence-corrected chi connectivity index (χ4v) is 10.7. The molecule has 0 saturated heterocycles. The zero-order valence-electron chi connectivity index (χ0n) is 34.4. The van der Waals surface area contributed by atoms with Crippen LogP contribution in [0, 0.1) is 0 Å². The highest BCUT2D eigenvalue weighted by Crippen LogP contribution is 2.49. The van der Waals surface area contributed by atoms with Gasteiger partial charge >= 0.3 is 0 Å². The molecular weight excluding hydrogens is 737 g/mol. The van der Waals surface area contributed by atoms with Crippen LogP contribution in [0.1, 0.15) is 43.2 Å². The van der Waals surface area contributed by atoms with Crippen LogP contribution in [0.3, 0.4) is 0 Å². The average molecular weight is 781 g/mol. The molecule has 0 amide bonds. The molecule has 0 N–H and O–H groups in total. The first-order valence-corrected chi connectivity index (χ1v) is 21.7. The molecule has 61 heavy (non-hydrogen) atoms. The summed E-state index contributed by atoms with van der Waals surface area (Å²) in [7, 11) is 0. The van der Waals surface area contributed by atoms with Crippen LogP contribution >= 0.6 is 0 Å². The second-order valence-electron chi connectivity index (χ2n) is 16.8. The molecule has 2 aromatic heterocycles. The van der Waals surface area contributed by atoms with Gasteiger partial charge in [0, 0.05) is 38.4 Å². The number of nitrogens with zero attached hydrogens (tertiary/aromatic N) is 2. The van der Waals surface area contributed by atoms with E-state index in [9.17, 15) is 0 Å². The number of hydrogen-bond donors (Lipinski definition) is 0. The van der Waals surface area contributed by atoms with Crippen molar-refractivity contribution in [2.24, 2.45) is 0 Å². The van der Waals surface area contributed by atoms with Crippen LogP contribution in [0.15, 0.2) is 206 Å². The van der Waals surface area contributed by atoms with Gasteiger partial charge in [-0.3, -0.25) is 0 Å². The van der Waals surface area contributed by atoms with Gasteiger partial charge in [0.2, 0.25) is 0 Å². The second-order valence-corrected chi connectivity index (χ2v) is 16.8. The molecule has 1 aliphatic heterocycles. The van der Waals surface area contributed by atoms with E-state index >= 15 is 0 Å². The average Bonchev–Trinajstić information content (AvgIpc) is 3.84. The van der Waals surface area contributed by atoms with Crippen molar-refractivity contribution in [2.75, 3.05) is 0 Å². The molecule has 3 heterocycles. The van der Waals surface area contributed by atoms with Crippen molar-refractivity contribution in [3.63, 3.8) is 0 Å². The molecule has 2 nitrogen and oxygen atoms in total. The van der Waals surface area contributed by atoms with Crippen LogP contribution in [0.2, 0.25) is 0 Å². The summed E-state index contributed by atoms with van der Waals surface area (Å²) in [5, 5.41) is 5.08. The van der Waals surface area contributed by atoms with E-state index in [1.165, 1.54) is 111 Å². The fourth-order valence-electron chi connectivity index (χ4n) is 10.7. The Morgan fingerprint density at radius 3 is 1.70 bits per heavy atom. The third kappa shape index (κ3) is 5.49. The van der Waals surface area contributed by atoms with Gasteiger partial charge in [0.05, 0.1) is 27.8 Å². The maximum Gasteiger partial charge on any atom is 0.0619 e. The van der Waals surface area contributed by atoms with Gasteiger partial charge in [-0.1, -0.05) is 172 Å². The minimum Gasteiger partial charge on any atom is -0.309 e. The standard InChI is InChI=1S/C59H44N2/c1-3-44-38(2)45-34-32-41(39-28-30-40(31-29-39)42-33-35-58-54(37-42)50-22-11-12-25-55(50)60(58)43-16-5-4-6-17-43)36-53(45)52-24-15-23-51-49-21-10-14-27-57(49)61(59(51)52)56-26-13-9-20-48(56)47-19-8-7-18-46(44)47/h4-38,44H,3H2,1-2H3. The molecule has 0 fully saturated rings. The van der Waals surface area contributed by atoms with Gasteiger partial charge < -0.3 is 9.13 Å². The summed E-state index contributed by atoms with van der Waals surface area (Å²) < 4.78 is 4.92. The van der Waals surface area contributed by atoms with Gasteiger partial charge in [0.15, 0.2) is 0 Å². The Kier molecular flexibility index (Phi) is 8.21. The highest BCUT2D eigenvalue weighted by atomic mass is 15.0. The number of benzene rings is 9. The topological polar surface area (TPSA) is 9.86 Å². The first kappa shape index (κ1) is 35.5. The predicted molar refractivity (Wildman–Crippen MR) is 258 cm³/mol. The monoisotopic (exact) mass is 780 g/mol. The Bertz CT molecular complexity index is 3470. The lowest BCUT2D eigenvalue weighted by Crippen LogP contribution is -2.10. The summed E-state index contributed by atoms with van der Waals surface area (Å²) in [4.78, 5) is 0. The van der Waals surface area contributed by atoms with E-state index in [0.717, 1.165) is 6.42 Å². The second kappa shape index (κ2) is 14.1. The molecule has 12 rings (SSSR count). The largest absolute Gasteiger partial charge is 0.309 e. The van der Waals surface area contributed by atoms with E-state index < -0.39 is 0 Å². The Balaban J connectivity index is 1.04. The van der Waals surface area contributed by atoms with Crippen molar-refractivity contribution in [3.8, 4) is 55.9 Å². The van der Waals surface area contributed by atoms with Crippen molar-refractivity contribution >= 4 is 43.6 Å². The lowest BCUT2D eigenvalue weighted by Gasteiger charge is -2.28. The maximum atomic E-state index is 2.54. The van der Waals surface area contributed by atoms with E-state index in [4.69, 9.17) is 0 Å². The Morgan fingerprint density at radius 1 is 0.377 bits per heavy atom. The molecule has 1 aliphatic rings. The molecular formula is C59H44N2. The molecule has 11 aromatic rings. The summed E-state index contributed by atoms with van der Waals surface area (Å²) in [5.74, 6) is 0.610. The van der Waals surface area contributed by atoms with Crippen LogP contribution in [0.4, 0.5) is 0 Å². The SMILES string of the molecule is CCC1c2ccccc2-c2ccccc2-n2c3ccccc3c3cccc(c32)-c2cc(-c3ccc(-c4ccc5c(c4)c4ccccc4n5-c4ccccc4)cc3)ccc2C1C. The summed E-state index contributed by atoms with van der Waals surface area (Å²) in [6.07, 6.45) is 1.04. The highest BCUT2D eigenvalue weighted by Gasteiger charge is 2.29.